The van der Waals surface area contributed by atoms with Crippen molar-refractivity contribution in [3.63, 3.8) is 0 Å². The van der Waals surface area contributed by atoms with E-state index in [2.05, 4.69) is 13.5 Å². The lowest BCUT2D eigenvalue weighted by atomic mass is 9.84. The summed E-state index contributed by atoms with van der Waals surface area (Å²) in [5, 5.41) is 28.6. The molecule has 1 aromatic carbocycles. The first kappa shape index (κ1) is 24.4. The summed E-state index contributed by atoms with van der Waals surface area (Å²) >= 11 is 0. The van der Waals surface area contributed by atoms with Crippen LogP contribution in [0.5, 0.6) is 0 Å². The van der Waals surface area contributed by atoms with Crippen LogP contribution < -0.4 is 0 Å². The van der Waals surface area contributed by atoms with Crippen molar-refractivity contribution in [2.45, 2.75) is 83.8 Å². The Labute approximate surface area is 158 Å². The summed E-state index contributed by atoms with van der Waals surface area (Å²) in [4.78, 5) is 9.60. The molecule has 1 rings (SSSR count). The van der Waals surface area contributed by atoms with Gasteiger partial charge in [-0.1, -0.05) is 88.8 Å². The Hall–Kier alpha value is -1.65. The second kappa shape index (κ2) is 13.5. The first-order valence-corrected chi connectivity index (χ1v) is 9.60. The van der Waals surface area contributed by atoms with E-state index in [9.17, 15) is 15.0 Å². The van der Waals surface area contributed by atoms with Gasteiger partial charge in [-0.05, 0) is 25.8 Å². The summed E-state index contributed by atoms with van der Waals surface area (Å²) in [6.45, 7) is 8.50. The fraction of sp³-hybridized carbons (Fsp3) is 0.591. The summed E-state index contributed by atoms with van der Waals surface area (Å²) in [6, 6.07) is 9.54. The Morgan fingerprint density at radius 3 is 1.96 bits per heavy atom. The number of unbranched alkanes of at least 4 members (excludes halogenated alkanes) is 6. The van der Waals surface area contributed by atoms with Crippen LogP contribution in [-0.2, 0) is 10.4 Å². The van der Waals surface area contributed by atoms with Crippen LogP contribution in [0.4, 0.5) is 0 Å². The van der Waals surface area contributed by atoms with E-state index in [1.54, 1.807) is 6.92 Å². The monoisotopic (exact) mass is 364 g/mol. The molecule has 26 heavy (non-hydrogen) atoms. The van der Waals surface area contributed by atoms with Gasteiger partial charge in [0.2, 0.25) is 0 Å². The number of hydrogen-bond donors (Lipinski definition) is 3. The Morgan fingerprint density at radius 2 is 1.54 bits per heavy atom. The third-order valence-electron chi connectivity index (χ3n) is 4.49. The minimum Gasteiger partial charge on any atom is -0.478 e. The van der Waals surface area contributed by atoms with Gasteiger partial charge < -0.3 is 15.3 Å². The summed E-state index contributed by atoms with van der Waals surface area (Å²) in [7, 11) is 0. The fourth-order valence-corrected chi connectivity index (χ4v) is 2.67. The maximum atomic E-state index is 10.8. The van der Waals surface area contributed by atoms with Gasteiger partial charge in [0.1, 0.15) is 5.60 Å². The van der Waals surface area contributed by atoms with Crippen molar-refractivity contribution in [3.05, 3.63) is 48.0 Å². The quantitative estimate of drug-likeness (QED) is 0.379. The normalized spacial score (nSPS) is 13.9. The van der Waals surface area contributed by atoms with Crippen LogP contribution >= 0.6 is 0 Å². The number of aliphatic hydroxyl groups excluding tert-OH is 1. The van der Waals surface area contributed by atoms with Gasteiger partial charge in [-0.15, -0.1) is 0 Å². The molecule has 0 radical (unpaired) electrons. The molecule has 2 atom stereocenters. The lowest BCUT2D eigenvalue weighted by molar-refractivity contribution is -0.132. The molecule has 3 N–H and O–H groups in total. The third kappa shape index (κ3) is 9.73. The molecule has 0 amide bonds. The molecular weight excluding hydrogens is 328 g/mol. The largest absolute Gasteiger partial charge is 0.478 e. The van der Waals surface area contributed by atoms with Crippen LogP contribution in [-0.4, -0.2) is 27.4 Å². The molecule has 148 valence electrons. The van der Waals surface area contributed by atoms with Crippen LogP contribution in [0.1, 0.15) is 77.7 Å². The SMILES string of the molecule is C=C(C)C(=O)O.CCCCCCCCCC(O)(c1ccccc1)C(C)O. The van der Waals surface area contributed by atoms with Crippen molar-refractivity contribution < 1.29 is 20.1 Å². The number of carbonyl (C=O) groups is 1. The highest BCUT2D eigenvalue weighted by molar-refractivity contribution is 5.84. The Morgan fingerprint density at radius 1 is 1.08 bits per heavy atom. The van der Waals surface area contributed by atoms with Crippen LogP contribution in [0.3, 0.4) is 0 Å². The highest BCUT2D eigenvalue weighted by Crippen LogP contribution is 2.31. The number of aliphatic hydroxyl groups is 2. The smallest absolute Gasteiger partial charge is 0.330 e. The minimum absolute atomic E-state index is 0.176. The van der Waals surface area contributed by atoms with Gasteiger partial charge in [0, 0.05) is 5.57 Å². The molecule has 0 fully saturated rings. The van der Waals surface area contributed by atoms with Crippen LogP contribution in [0.2, 0.25) is 0 Å². The molecular formula is C22H36O4. The van der Waals surface area contributed by atoms with Crippen molar-refractivity contribution >= 4 is 5.97 Å². The zero-order chi connectivity index (χ0) is 20.0. The first-order chi connectivity index (χ1) is 12.3. The van der Waals surface area contributed by atoms with Crippen molar-refractivity contribution in [3.8, 4) is 0 Å². The minimum atomic E-state index is -1.11. The van der Waals surface area contributed by atoms with Gasteiger partial charge in [0.05, 0.1) is 6.10 Å². The molecule has 4 nitrogen and oxygen atoms in total. The number of hydrogen-bond acceptors (Lipinski definition) is 3. The second-order valence-electron chi connectivity index (χ2n) is 6.92. The Bertz CT molecular complexity index is 498. The average Bonchev–Trinajstić information content (AvgIpc) is 2.61. The molecule has 0 saturated heterocycles. The molecule has 0 spiro atoms. The van der Waals surface area contributed by atoms with Crippen molar-refractivity contribution in [2.75, 3.05) is 0 Å². The predicted octanol–water partition coefficient (Wildman–Crippen LogP) is 5.04. The average molecular weight is 365 g/mol. The van der Waals surface area contributed by atoms with Gasteiger partial charge in [0.15, 0.2) is 0 Å². The molecule has 2 unspecified atom stereocenters. The van der Waals surface area contributed by atoms with E-state index in [4.69, 9.17) is 5.11 Å². The molecule has 0 aromatic heterocycles. The Balaban J connectivity index is 0.000000896. The summed E-state index contributed by atoms with van der Waals surface area (Å²) in [5.74, 6) is -0.935. The summed E-state index contributed by atoms with van der Waals surface area (Å²) in [6.07, 6.45) is 8.39. The van der Waals surface area contributed by atoms with Gasteiger partial charge in [0.25, 0.3) is 0 Å². The molecule has 0 bridgehead atoms. The standard InChI is InChI=1S/C18H30O2.C4H6O2/c1-3-4-5-6-7-8-12-15-18(20,16(2)19)17-13-10-9-11-14-17;1-3(2)4(5)6/h9-11,13-14,16,19-20H,3-8,12,15H2,1-2H3;1H2,2H3,(H,5,6). The van der Waals surface area contributed by atoms with Gasteiger partial charge >= 0.3 is 5.97 Å². The number of rotatable bonds is 11. The van der Waals surface area contributed by atoms with Gasteiger partial charge in [-0.2, -0.15) is 0 Å². The number of carboxylic acids is 1. The highest BCUT2D eigenvalue weighted by atomic mass is 16.4. The van der Waals surface area contributed by atoms with E-state index >= 15 is 0 Å². The van der Waals surface area contributed by atoms with Crippen LogP contribution in [0.25, 0.3) is 0 Å². The summed E-state index contributed by atoms with van der Waals surface area (Å²) in [5.41, 5.74) is -0.110. The summed E-state index contributed by atoms with van der Waals surface area (Å²) < 4.78 is 0. The zero-order valence-corrected chi connectivity index (χ0v) is 16.6. The molecule has 0 aliphatic carbocycles. The van der Waals surface area contributed by atoms with E-state index in [0.29, 0.717) is 6.42 Å². The molecule has 0 heterocycles. The highest BCUT2D eigenvalue weighted by Gasteiger charge is 2.33. The van der Waals surface area contributed by atoms with Gasteiger partial charge in [-0.25, -0.2) is 4.79 Å². The predicted molar refractivity (Wildman–Crippen MR) is 107 cm³/mol. The molecule has 1 aromatic rings. The molecule has 0 saturated carbocycles. The number of benzene rings is 1. The fourth-order valence-electron chi connectivity index (χ4n) is 2.67. The Kier molecular flexibility index (Phi) is 12.7. The second-order valence-corrected chi connectivity index (χ2v) is 6.92. The van der Waals surface area contributed by atoms with E-state index in [-0.39, 0.29) is 5.57 Å². The molecule has 4 heteroatoms. The zero-order valence-electron chi connectivity index (χ0n) is 16.6. The maximum absolute atomic E-state index is 10.8. The van der Waals surface area contributed by atoms with Crippen molar-refractivity contribution in [1.29, 1.82) is 0 Å². The lowest BCUT2D eigenvalue weighted by Crippen LogP contribution is -2.37. The van der Waals surface area contributed by atoms with E-state index in [1.807, 2.05) is 30.3 Å². The van der Waals surface area contributed by atoms with Crippen molar-refractivity contribution in [1.82, 2.24) is 0 Å². The van der Waals surface area contributed by atoms with Crippen molar-refractivity contribution in [2.24, 2.45) is 0 Å². The first-order valence-electron chi connectivity index (χ1n) is 9.60. The van der Waals surface area contributed by atoms with E-state index < -0.39 is 17.7 Å². The van der Waals surface area contributed by atoms with Crippen LogP contribution in [0, 0.1) is 0 Å². The van der Waals surface area contributed by atoms with E-state index in [1.165, 1.54) is 39.0 Å². The molecule has 0 aliphatic rings. The maximum Gasteiger partial charge on any atom is 0.330 e. The number of carboxylic acid groups (broad SMARTS) is 1. The number of aliphatic carboxylic acids is 1. The van der Waals surface area contributed by atoms with Gasteiger partial charge in [-0.3, -0.25) is 0 Å². The third-order valence-corrected chi connectivity index (χ3v) is 4.49. The molecule has 0 aliphatic heterocycles. The van der Waals surface area contributed by atoms with E-state index in [0.717, 1.165) is 18.4 Å². The lowest BCUT2D eigenvalue weighted by Gasteiger charge is -2.31. The topological polar surface area (TPSA) is 77.8 Å². The van der Waals surface area contributed by atoms with Crippen LogP contribution in [0.15, 0.2) is 42.5 Å².